The maximum Gasteiger partial charge on any atom is 0.123 e. The molecule has 0 unspecified atom stereocenters. The molecule has 1 aromatic heterocycles. The maximum absolute atomic E-state index is 8.90. The van der Waals surface area contributed by atoms with Crippen molar-refractivity contribution in [3.63, 3.8) is 0 Å². The second-order valence-corrected chi connectivity index (χ2v) is 3.96. The number of hydrogen-bond acceptors (Lipinski definition) is 5. The molecule has 0 aliphatic carbocycles. The Bertz CT molecular complexity index is 578. The zero-order valence-corrected chi connectivity index (χ0v) is 10.6. The molecule has 0 bridgehead atoms. The second-order valence-electron chi connectivity index (χ2n) is 3.96. The van der Waals surface area contributed by atoms with Crippen LogP contribution in [0, 0.1) is 11.3 Å². The maximum atomic E-state index is 8.90. The highest BCUT2D eigenvalue weighted by Gasteiger charge is 2.04. The van der Waals surface area contributed by atoms with Crippen LogP contribution in [0.3, 0.4) is 0 Å². The molecule has 0 atom stereocenters. The summed E-state index contributed by atoms with van der Waals surface area (Å²) in [5.41, 5.74) is 2.44. The van der Waals surface area contributed by atoms with Gasteiger partial charge in [-0.25, -0.2) is 0 Å². The van der Waals surface area contributed by atoms with Crippen molar-refractivity contribution >= 4 is 0 Å². The molecular formula is C14H14N4O. The van der Waals surface area contributed by atoms with E-state index in [1.54, 1.807) is 25.4 Å². The number of nitriles is 1. The number of hydrogen-bond donors (Lipinski definition) is 1. The van der Waals surface area contributed by atoms with Gasteiger partial charge in [0.05, 0.1) is 24.4 Å². The summed E-state index contributed by atoms with van der Waals surface area (Å²) >= 11 is 0. The lowest BCUT2D eigenvalue weighted by molar-refractivity contribution is 0.407. The summed E-state index contributed by atoms with van der Waals surface area (Å²) < 4.78 is 5.27. The molecule has 0 aliphatic rings. The number of methoxy groups -OCH3 is 1. The first-order valence-electron chi connectivity index (χ1n) is 5.88. The predicted octanol–water partition coefficient (Wildman–Crippen LogP) is 1.65. The largest absolute Gasteiger partial charge is 0.496 e. The molecule has 1 N–H and O–H groups in total. The number of benzene rings is 1. The third kappa shape index (κ3) is 3.50. The fourth-order valence-electron chi connectivity index (χ4n) is 1.74. The Morgan fingerprint density at radius 2 is 2.21 bits per heavy atom. The first kappa shape index (κ1) is 13.0. The van der Waals surface area contributed by atoms with Gasteiger partial charge < -0.3 is 10.1 Å². The van der Waals surface area contributed by atoms with E-state index < -0.39 is 0 Å². The second kappa shape index (κ2) is 6.47. The van der Waals surface area contributed by atoms with Crippen LogP contribution in [0.5, 0.6) is 5.75 Å². The van der Waals surface area contributed by atoms with Crippen LogP contribution in [0.25, 0.3) is 0 Å². The first-order chi connectivity index (χ1) is 9.33. The minimum atomic E-state index is 0.606. The van der Waals surface area contributed by atoms with Crippen LogP contribution in [-0.4, -0.2) is 17.3 Å². The molecule has 2 aromatic rings. The van der Waals surface area contributed by atoms with Crippen molar-refractivity contribution in [2.24, 2.45) is 0 Å². The molecule has 2 rings (SSSR count). The molecule has 0 amide bonds. The van der Waals surface area contributed by atoms with Crippen LogP contribution in [0.1, 0.15) is 16.8 Å². The highest BCUT2D eigenvalue weighted by atomic mass is 16.5. The standard InChI is InChI=1S/C14H14N4O/c1-19-14-5-4-11(8-15)7-12(14)9-16-10-13-3-2-6-17-18-13/h2-7,16H,9-10H2,1H3. The van der Waals surface area contributed by atoms with E-state index in [0.29, 0.717) is 18.7 Å². The van der Waals surface area contributed by atoms with Gasteiger partial charge in [-0.15, -0.1) is 0 Å². The summed E-state index contributed by atoms with van der Waals surface area (Å²) in [6.45, 7) is 1.23. The molecule has 0 spiro atoms. The number of nitrogens with one attached hydrogen (secondary N) is 1. The van der Waals surface area contributed by atoms with E-state index in [2.05, 4.69) is 21.6 Å². The molecule has 0 aliphatic heterocycles. The lowest BCUT2D eigenvalue weighted by Crippen LogP contribution is -2.14. The van der Waals surface area contributed by atoms with Gasteiger partial charge in [-0.1, -0.05) is 0 Å². The Labute approximate surface area is 111 Å². The van der Waals surface area contributed by atoms with Crippen LogP contribution in [0.15, 0.2) is 36.5 Å². The summed E-state index contributed by atoms with van der Waals surface area (Å²) in [6.07, 6.45) is 1.64. The van der Waals surface area contributed by atoms with E-state index in [9.17, 15) is 0 Å². The van der Waals surface area contributed by atoms with Crippen molar-refractivity contribution in [2.75, 3.05) is 7.11 Å². The summed E-state index contributed by atoms with van der Waals surface area (Å²) in [5, 5.41) is 20.0. The van der Waals surface area contributed by atoms with Crippen LogP contribution in [-0.2, 0) is 13.1 Å². The summed E-state index contributed by atoms with van der Waals surface area (Å²) in [5.74, 6) is 0.769. The van der Waals surface area contributed by atoms with Crippen molar-refractivity contribution in [2.45, 2.75) is 13.1 Å². The number of rotatable bonds is 5. The lowest BCUT2D eigenvalue weighted by Gasteiger charge is -2.09. The van der Waals surface area contributed by atoms with Crippen LogP contribution < -0.4 is 10.1 Å². The Morgan fingerprint density at radius 3 is 2.89 bits per heavy atom. The zero-order valence-electron chi connectivity index (χ0n) is 10.6. The molecule has 96 valence electrons. The predicted molar refractivity (Wildman–Crippen MR) is 70.3 cm³/mol. The highest BCUT2D eigenvalue weighted by Crippen LogP contribution is 2.19. The Hall–Kier alpha value is -2.45. The molecule has 5 heteroatoms. The average molecular weight is 254 g/mol. The smallest absolute Gasteiger partial charge is 0.123 e. The van der Waals surface area contributed by atoms with Gasteiger partial charge in [0.15, 0.2) is 0 Å². The van der Waals surface area contributed by atoms with Crippen LogP contribution >= 0.6 is 0 Å². The van der Waals surface area contributed by atoms with Crippen LogP contribution in [0.2, 0.25) is 0 Å². The number of aromatic nitrogens is 2. The van der Waals surface area contributed by atoms with Gasteiger partial charge >= 0.3 is 0 Å². The molecule has 19 heavy (non-hydrogen) atoms. The quantitative estimate of drug-likeness (QED) is 0.878. The molecular weight excluding hydrogens is 240 g/mol. The molecule has 0 radical (unpaired) electrons. The van der Waals surface area contributed by atoms with E-state index in [4.69, 9.17) is 10.00 Å². The molecule has 5 nitrogen and oxygen atoms in total. The normalized spacial score (nSPS) is 9.89. The monoisotopic (exact) mass is 254 g/mol. The molecule has 1 heterocycles. The first-order valence-corrected chi connectivity index (χ1v) is 5.88. The van der Waals surface area contributed by atoms with E-state index in [1.165, 1.54) is 0 Å². The van der Waals surface area contributed by atoms with E-state index in [-0.39, 0.29) is 0 Å². The van der Waals surface area contributed by atoms with Gasteiger partial charge in [-0.3, -0.25) is 0 Å². The van der Waals surface area contributed by atoms with Crippen molar-refractivity contribution in [3.8, 4) is 11.8 Å². The average Bonchev–Trinajstić information content (AvgIpc) is 2.48. The Morgan fingerprint density at radius 1 is 1.32 bits per heavy atom. The fourth-order valence-corrected chi connectivity index (χ4v) is 1.74. The Balaban J connectivity index is 2.01. The van der Waals surface area contributed by atoms with E-state index >= 15 is 0 Å². The van der Waals surface area contributed by atoms with Gasteiger partial charge in [0.1, 0.15) is 5.75 Å². The van der Waals surface area contributed by atoms with Gasteiger partial charge in [0.25, 0.3) is 0 Å². The third-order valence-electron chi connectivity index (χ3n) is 2.66. The van der Waals surface area contributed by atoms with Gasteiger partial charge in [0.2, 0.25) is 0 Å². The fraction of sp³-hybridized carbons (Fsp3) is 0.214. The minimum Gasteiger partial charge on any atom is -0.496 e. The van der Waals surface area contributed by atoms with Gasteiger partial charge in [0, 0.05) is 24.8 Å². The summed E-state index contributed by atoms with van der Waals surface area (Å²) in [4.78, 5) is 0. The van der Waals surface area contributed by atoms with Gasteiger partial charge in [-0.2, -0.15) is 15.5 Å². The Kier molecular flexibility index (Phi) is 4.43. The third-order valence-corrected chi connectivity index (χ3v) is 2.66. The van der Waals surface area contributed by atoms with Gasteiger partial charge in [-0.05, 0) is 30.3 Å². The topological polar surface area (TPSA) is 70.8 Å². The van der Waals surface area contributed by atoms with Crippen LogP contribution in [0.4, 0.5) is 0 Å². The van der Waals surface area contributed by atoms with E-state index in [0.717, 1.165) is 17.0 Å². The molecule has 1 aromatic carbocycles. The van der Waals surface area contributed by atoms with Crippen molar-refractivity contribution in [3.05, 3.63) is 53.3 Å². The minimum absolute atomic E-state index is 0.606. The van der Waals surface area contributed by atoms with E-state index in [1.807, 2.05) is 18.2 Å². The SMILES string of the molecule is COc1ccc(C#N)cc1CNCc1cccnn1. The summed E-state index contributed by atoms with van der Waals surface area (Å²) in [7, 11) is 1.62. The molecule has 0 saturated carbocycles. The van der Waals surface area contributed by atoms with Crippen molar-refractivity contribution in [1.29, 1.82) is 5.26 Å². The highest BCUT2D eigenvalue weighted by molar-refractivity contribution is 5.41. The zero-order chi connectivity index (χ0) is 13.5. The molecule has 0 saturated heterocycles. The van der Waals surface area contributed by atoms with Crippen molar-refractivity contribution < 1.29 is 4.74 Å². The summed E-state index contributed by atoms with van der Waals surface area (Å²) in [6, 6.07) is 11.2. The number of nitrogens with zero attached hydrogens (tertiary/aromatic N) is 3. The lowest BCUT2D eigenvalue weighted by atomic mass is 10.1. The number of ether oxygens (including phenoxy) is 1. The molecule has 0 fully saturated rings. The van der Waals surface area contributed by atoms with Crippen molar-refractivity contribution in [1.82, 2.24) is 15.5 Å².